The molecule has 0 aliphatic carbocycles. The molecule has 0 spiro atoms. The van der Waals surface area contributed by atoms with Gasteiger partial charge in [-0.2, -0.15) is 0 Å². The molecule has 26 heavy (non-hydrogen) atoms. The third-order valence-electron chi connectivity index (χ3n) is 3.99. The van der Waals surface area contributed by atoms with Crippen LogP contribution in [0.2, 0.25) is 0 Å². The van der Waals surface area contributed by atoms with E-state index in [1.54, 1.807) is 6.20 Å². The zero-order valence-corrected chi connectivity index (χ0v) is 15.0. The fourth-order valence-electron chi connectivity index (χ4n) is 2.53. The maximum absolute atomic E-state index is 12.0. The fraction of sp³-hybridized carbons (Fsp3) is 0.250. The molecule has 0 saturated heterocycles. The van der Waals surface area contributed by atoms with E-state index < -0.39 is 0 Å². The molecule has 0 fully saturated rings. The van der Waals surface area contributed by atoms with E-state index in [-0.39, 0.29) is 19.1 Å². The van der Waals surface area contributed by atoms with Gasteiger partial charge in [0, 0.05) is 12.7 Å². The lowest BCUT2D eigenvalue weighted by molar-refractivity contribution is -0.145. The molecule has 3 aromatic rings. The smallest absolute Gasteiger partial charge is 0.328 e. The van der Waals surface area contributed by atoms with E-state index in [0.717, 1.165) is 16.9 Å². The zero-order valence-electron chi connectivity index (χ0n) is 15.0. The summed E-state index contributed by atoms with van der Waals surface area (Å²) in [5.74, 6) is -0.335. The van der Waals surface area contributed by atoms with Gasteiger partial charge in [-0.15, -0.1) is 5.10 Å². The third-order valence-corrected chi connectivity index (χ3v) is 3.99. The van der Waals surface area contributed by atoms with Crippen molar-refractivity contribution in [1.82, 2.24) is 15.0 Å². The molecule has 0 N–H and O–H groups in total. The summed E-state index contributed by atoms with van der Waals surface area (Å²) in [5, 5.41) is 8.13. The number of ether oxygens (including phenoxy) is 1. The van der Waals surface area contributed by atoms with Crippen LogP contribution in [0.15, 0.2) is 60.8 Å². The molecule has 2 aromatic carbocycles. The maximum Gasteiger partial charge on any atom is 0.328 e. The summed E-state index contributed by atoms with van der Waals surface area (Å²) in [7, 11) is 1.99. The number of rotatable bonds is 7. The number of hydrogen-bond donors (Lipinski definition) is 0. The first kappa shape index (κ1) is 17.7. The van der Waals surface area contributed by atoms with E-state index in [1.807, 2.05) is 68.6 Å². The molecule has 1 heterocycles. The number of esters is 1. The molecule has 1 aromatic heterocycles. The topological polar surface area (TPSA) is 60.2 Å². The largest absolute Gasteiger partial charge is 0.459 e. The Morgan fingerprint density at radius 1 is 1.12 bits per heavy atom. The Morgan fingerprint density at radius 2 is 1.85 bits per heavy atom. The van der Waals surface area contributed by atoms with Crippen LogP contribution in [0.4, 0.5) is 5.69 Å². The van der Waals surface area contributed by atoms with E-state index in [1.165, 1.54) is 10.2 Å². The zero-order chi connectivity index (χ0) is 18.4. The summed E-state index contributed by atoms with van der Waals surface area (Å²) in [6.45, 7) is 2.95. The van der Waals surface area contributed by atoms with Gasteiger partial charge >= 0.3 is 5.97 Å². The van der Waals surface area contributed by atoms with Crippen molar-refractivity contribution < 1.29 is 9.53 Å². The number of anilines is 1. The Hall–Kier alpha value is -3.15. The number of nitrogens with zero attached hydrogens (tertiary/aromatic N) is 4. The van der Waals surface area contributed by atoms with Gasteiger partial charge in [-0.05, 0) is 24.6 Å². The highest BCUT2D eigenvalue weighted by molar-refractivity contribution is 5.69. The maximum atomic E-state index is 12.0. The second-order valence-electron chi connectivity index (χ2n) is 6.25. The monoisotopic (exact) mass is 350 g/mol. The number of benzene rings is 2. The summed E-state index contributed by atoms with van der Waals surface area (Å²) >= 11 is 0. The molecule has 0 aliphatic rings. The molecule has 0 atom stereocenters. The minimum atomic E-state index is -0.335. The molecule has 3 rings (SSSR count). The number of aromatic nitrogens is 3. The highest BCUT2D eigenvalue weighted by atomic mass is 16.5. The predicted molar refractivity (Wildman–Crippen MR) is 99.5 cm³/mol. The van der Waals surface area contributed by atoms with Crippen molar-refractivity contribution in [3.63, 3.8) is 0 Å². The average molecular weight is 350 g/mol. The number of carbonyl (C=O) groups is 1. The first-order valence-corrected chi connectivity index (χ1v) is 8.46. The van der Waals surface area contributed by atoms with Gasteiger partial charge in [-0.3, -0.25) is 4.79 Å². The van der Waals surface area contributed by atoms with Crippen LogP contribution in [0.5, 0.6) is 0 Å². The van der Waals surface area contributed by atoms with Crippen molar-refractivity contribution in [1.29, 1.82) is 0 Å². The molecule has 0 amide bonds. The average Bonchev–Trinajstić information content (AvgIpc) is 3.08. The van der Waals surface area contributed by atoms with Gasteiger partial charge in [0.1, 0.15) is 18.8 Å². The Labute approximate surface area is 153 Å². The van der Waals surface area contributed by atoms with E-state index in [9.17, 15) is 4.79 Å². The first-order chi connectivity index (χ1) is 12.6. The van der Waals surface area contributed by atoms with Gasteiger partial charge in [0.15, 0.2) is 0 Å². The normalized spacial score (nSPS) is 10.5. The lowest BCUT2D eigenvalue weighted by Gasteiger charge is -2.17. The predicted octanol–water partition coefficient (Wildman–Crippen LogP) is 2.97. The Morgan fingerprint density at radius 3 is 2.58 bits per heavy atom. The van der Waals surface area contributed by atoms with E-state index in [2.05, 4.69) is 15.2 Å². The van der Waals surface area contributed by atoms with E-state index >= 15 is 0 Å². The quantitative estimate of drug-likeness (QED) is 0.613. The van der Waals surface area contributed by atoms with Crippen molar-refractivity contribution in [2.24, 2.45) is 0 Å². The Kier molecular flexibility index (Phi) is 5.63. The molecule has 6 heteroatoms. The van der Waals surface area contributed by atoms with Crippen LogP contribution >= 0.6 is 0 Å². The molecule has 0 saturated carbocycles. The van der Waals surface area contributed by atoms with Crippen LogP contribution in [0.1, 0.15) is 16.8 Å². The molecule has 0 bridgehead atoms. The molecule has 0 unspecified atom stereocenters. The third kappa shape index (κ3) is 4.92. The Bertz CT molecular complexity index is 844. The van der Waals surface area contributed by atoms with Crippen LogP contribution in [0.25, 0.3) is 0 Å². The number of para-hydroxylation sites is 1. The number of aryl methyl sites for hydroxylation is 1. The van der Waals surface area contributed by atoms with Crippen LogP contribution in [-0.2, 0) is 29.2 Å². The van der Waals surface area contributed by atoms with Crippen molar-refractivity contribution >= 4 is 11.7 Å². The highest BCUT2D eigenvalue weighted by Gasteiger charge is 2.09. The summed E-state index contributed by atoms with van der Waals surface area (Å²) in [5.41, 5.74) is 4.03. The molecule has 134 valence electrons. The van der Waals surface area contributed by atoms with Crippen LogP contribution < -0.4 is 4.90 Å². The second kappa shape index (κ2) is 8.29. The van der Waals surface area contributed by atoms with Gasteiger partial charge in [-0.25, -0.2) is 4.68 Å². The fourth-order valence-corrected chi connectivity index (χ4v) is 2.53. The van der Waals surface area contributed by atoms with Gasteiger partial charge in [0.2, 0.25) is 0 Å². The first-order valence-electron chi connectivity index (χ1n) is 8.46. The van der Waals surface area contributed by atoms with Gasteiger partial charge < -0.3 is 9.64 Å². The SMILES string of the molecule is Cc1ccc(COC(=O)Cn2cc(CN(C)c3ccccc3)nn2)cc1. The molecule has 6 nitrogen and oxygen atoms in total. The van der Waals surface area contributed by atoms with Crippen molar-refractivity contribution in [3.8, 4) is 0 Å². The van der Waals surface area contributed by atoms with Gasteiger partial charge in [-0.1, -0.05) is 53.2 Å². The standard InChI is InChI=1S/C20H22N4O2/c1-16-8-10-17(11-9-16)15-26-20(25)14-24-13-18(21-22-24)12-23(2)19-6-4-3-5-7-19/h3-11,13H,12,14-15H2,1-2H3. The minimum Gasteiger partial charge on any atom is -0.459 e. The van der Waals surface area contributed by atoms with E-state index in [0.29, 0.717) is 6.54 Å². The highest BCUT2D eigenvalue weighted by Crippen LogP contribution is 2.13. The lowest BCUT2D eigenvalue weighted by atomic mass is 10.2. The summed E-state index contributed by atoms with van der Waals surface area (Å²) in [6, 6.07) is 17.9. The summed E-state index contributed by atoms with van der Waals surface area (Å²) in [4.78, 5) is 14.1. The lowest BCUT2D eigenvalue weighted by Crippen LogP contribution is -2.16. The number of hydrogen-bond acceptors (Lipinski definition) is 5. The second-order valence-corrected chi connectivity index (χ2v) is 6.25. The van der Waals surface area contributed by atoms with Crippen LogP contribution in [-0.4, -0.2) is 28.0 Å². The molecule has 0 aliphatic heterocycles. The number of carbonyl (C=O) groups excluding carboxylic acids is 1. The van der Waals surface area contributed by atoms with Gasteiger partial charge in [0.25, 0.3) is 0 Å². The van der Waals surface area contributed by atoms with Crippen LogP contribution in [0, 0.1) is 6.92 Å². The minimum absolute atomic E-state index is 0.0495. The molecule has 0 radical (unpaired) electrons. The van der Waals surface area contributed by atoms with Crippen LogP contribution in [0.3, 0.4) is 0 Å². The molecular formula is C20H22N4O2. The van der Waals surface area contributed by atoms with E-state index in [4.69, 9.17) is 4.74 Å². The summed E-state index contributed by atoms with van der Waals surface area (Å²) < 4.78 is 6.80. The Balaban J connectivity index is 1.49. The summed E-state index contributed by atoms with van der Waals surface area (Å²) in [6.07, 6.45) is 1.77. The van der Waals surface area contributed by atoms with Crippen molar-refractivity contribution in [3.05, 3.63) is 77.6 Å². The molecular weight excluding hydrogens is 328 g/mol. The van der Waals surface area contributed by atoms with Crippen molar-refractivity contribution in [2.75, 3.05) is 11.9 Å². The van der Waals surface area contributed by atoms with Crippen molar-refractivity contribution in [2.45, 2.75) is 26.6 Å². The van der Waals surface area contributed by atoms with Gasteiger partial charge in [0.05, 0.1) is 12.7 Å².